The standard InChI is InChI=1S/C20H20FN3O4S/c1-3-27-18-5-4-15(21)9-19(18)29(25,26)12-14-8-16-17-6-7-23-24(17)13(2)11-28-20(16)22-10-14/h4-10,13H,3,11-12H2,1-2H3/t13-/m0/s1. The average Bonchev–Trinajstić information content (AvgIpc) is 3.13. The largest absolute Gasteiger partial charge is 0.493 e. The summed E-state index contributed by atoms with van der Waals surface area (Å²) in [6.45, 7) is 4.40. The lowest BCUT2D eigenvalue weighted by atomic mass is 10.1. The Morgan fingerprint density at radius 1 is 1.31 bits per heavy atom. The first kappa shape index (κ1) is 19.4. The number of pyridine rings is 1. The summed E-state index contributed by atoms with van der Waals surface area (Å²) in [7, 11) is -3.87. The van der Waals surface area contributed by atoms with Crippen LogP contribution in [0.15, 0.2) is 47.6 Å². The molecular formula is C20H20FN3O4S. The fourth-order valence-corrected chi connectivity index (χ4v) is 4.80. The van der Waals surface area contributed by atoms with Crippen molar-refractivity contribution >= 4 is 9.84 Å². The van der Waals surface area contributed by atoms with Crippen LogP contribution in [0, 0.1) is 5.82 Å². The molecule has 0 spiro atoms. The summed E-state index contributed by atoms with van der Waals surface area (Å²) in [6.07, 6.45) is 3.15. The van der Waals surface area contributed by atoms with Crippen LogP contribution in [0.3, 0.4) is 0 Å². The lowest BCUT2D eigenvalue weighted by Gasteiger charge is -2.12. The Labute approximate surface area is 168 Å². The zero-order valence-electron chi connectivity index (χ0n) is 16.0. The predicted molar refractivity (Wildman–Crippen MR) is 104 cm³/mol. The van der Waals surface area contributed by atoms with E-state index < -0.39 is 15.7 Å². The first-order chi connectivity index (χ1) is 13.9. The van der Waals surface area contributed by atoms with Crippen LogP contribution in [-0.4, -0.2) is 36.4 Å². The SMILES string of the molecule is CCOc1ccc(F)cc1S(=O)(=O)Cc1cnc2c(c1)-c1ccnn1[C@@H](C)CO2. The van der Waals surface area contributed by atoms with Crippen LogP contribution in [0.1, 0.15) is 25.5 Å². The number of aromatic nitrogens is 3. The van der Waals surface area contributed by atoms with Crippen molar-refractivity contribution in [1.29, 1.82) is 0 Å². The molecule has 29 heavy (non-hydrogen) atoms. The van der Waals surface area contributed by atoms with E-state index in [1.165, 1.54) is 18.3 Å². The van der Waals surface area contributed by atoms with Gasteiger partial charge in [-0.1, -0.05) is 0 Å². The number of nitrogens with zero attached hydrogens (tertiary/aromatic N) is 3. The number of halogens is 1. The van der Waals surface area contributed by atoms with Crippen LogP contribution in [0.25, 0.3) is 11.3 Å². The Bertz CT molecular complexity index is 1160. The Hall–Kier alpha value is -2.94. The third kappa shape index (κ3) is 3.69. The minimum Gasteiger partial charge on any atom is -0.493 e. The molecule has 3 heterocycles. The number of sulfone groups is 1. The van der Waals surface area contributed by atoms with E-state index >= 15 is 0 Å². The second-order valence-electron chi connectivity index (χ2n) is 6.80. The number of hydrogen-bond acceptors (Lipinski definition) is 6. The zero-order chi connectivity index (χ0) is 20.6. The molecule has 0 fully saturated rings. The highest BCUT2D eigenvalue weighted by molar-refractivity contribution is 7.90. The van der Waals surface area contributed by atoms with Crippen LogP contribution < -0.4 is 9.47 Å². The van der Waals surface area contributed by atoms with Gasteiger partial charge in [0.1, 0.15) is 23.1 Å². The van der Waals surface area contributed by atoms with Gasteiger partial charge in [0.25, 0.3) is 0 Å². The molecule has 2 aromatic heterocycles. The van der Waals surface area contributed by atoms with Gasteiger partial charge in [-0.25, -0.2) is 17.8 Å². The highest BCUT2D eigenvalue weighted by atomic mass is 32.2. The molecule has 1 aromatic carbocycles. The Morgan fingerprint density at radius 3 is 2.93 bits per heavy atom. The summed E-state index contributed by atoms with van der Waals surface area (Å²) in [6, 6.07) is 7.07. The molecule has 0 amide bonds. The Morgan fingerprint density at radius 2 is 2.14 bits per heavy atom. The summed E-state index contributed by atoms with van der Waals surface area (Å²) in [5.41, 5.74) is 1.93. The molecule has 3 aromatic rings. The van der Waals surface area contributed by atoms with E-state index in [1.54, 1.807) is 19.2 Å². The second-order valence-corrected chi connectivity index (χ2v) is 8.76. The minimum atomic E-state index is -3.87. The van der Waals surface area contributed by atoms with Crippen LogP contribution in [-0.2, 0) is 15.6 Å². The van der Waals surface area contributed by atoms with Gasteiger partial charge in [-0.2, -0.15) is 5.10 Å². The molecule has 0 bridgehead atoms. The molecule has 0 saturated heterocycles. The van der Waals surface area contributed by atoms with E-state index in [9.17, 15) is 12.8 Å². The minimum absolute atomic E-state index is 0.0161. The molecule has 1 atom stereocenters. The van der Waals surface area contributed by atoms with Crippen molar-refractivity contribution in [2.45, 2.75) is 30.5 Å². The molecule has 9 heteroatoms. The van der Waals surface area contributed by atoms with Crippen molar-refractivity contribution in [3.63, 3.8) is 0 Å². The maximum absolute atomic E-state index is 13.7. The van der Waals surface area contributed by atoms with Crippen molar-refractivity contribution < 1.29 is 22.3 Å². The summed E-state index contributed by atoms with van der Waals surface area (Å²) in [4.78, 5) is 4.14. The summed E-state index contributed by atoms with van der Waals surface area (Å²) < 4.78 is 52.7. The van der Waals surface area contributed by atoms with Crippen LogP contribution in [0.4, 0.5) is 4.39 Å². The number of hydrogen-bond donors (Lipinski definition) is 0. The molecule has 0 unspecified atom stereocenters. The number of fused-ring (bicyclic) bond motifs is 3. The Balaban J connectivity index is 1.73. The molecule has 7 nitrogen and oxygen atoms in total. The smallest absolute Gasteiger partial charge is 0.222 e. The van der Waals surface area contributed by atoms with Crippen molar-refractivity contribution in [3.8, 4) is 22.9 Å². The van der Waals surface area contributed by atoms with Gasteiger partial charge in [0.2, 0.25) is 5.88 Å². The molecule has 4 rings (SSSR count). The lowest BCUT2D eigenvalue weighted by molar-refractivity contribution is 0.252. The van der Waals surface area contributed by atoms with E-state index in [2.05, 4.69) is 10.1 Å². The van der Waals surface area contributed by atoms with Gasteiger partial charge in [-0.3, -0.25) is 4.68 Å². The Kier molecular flexibility index (Phi) is 4.99. The van der Waals surface area contributed by atoms with E-state index in [4.69, 9.17) is 9.47 Å². The molecule has 0 saturated carbocycles. The summed E-state index contributed by atoms with van der Waals surface area (Å²) in [5.74, 6) is -0.427. The number of benzene rings is 1. The van der Waals surface area contributed by atoms with Gasteiger partial charge in [0, 0.05) is 12.4 Å². The second kappa shape index (κ2) is 7.47. The fourth-order valence-electron chi connectivity index (χ4n) is 3.32. The highest BCUT2D eigenvalue weighted by Crippen LogP contribution is 2.35. The molecule has 152 valence electrons. The maximum Gasteiger partial charge on any atom is 0.222 e. The van der Waals surface area contributed by atoms with Crippen LogP contribution >= 0.6 is 0 Å². The first-order valence-corrected chi connectivity index (χ1v) is 10.8. The van der Waals surface area contributed by atoms with Crippen LogP contribution in [0.5, 0.6) is 11.6 Å². The van der Waals surface area contributed by atoms with E-state index in [0.29, 0.717) is 23.6 Å². The van der Waals surface area contributed by atoms with Crippen LogP contribution in [0.2, 0.25) is 0 Å². The third-order valence-corrected chi connectivity index (χ3v) is 6.33. The molecule has 1 aliphatic heterocycles. The topological polar surface area (TPSA) is 83.3 Å². The molecule has 0 radical (unpaired) electrons. The van der Waals surface area contributed by atoms with Gasteiger partial charge in [-0.05, 0) is 49.7 Å². The molecule has 0 aliphatic carbocycles. The number of ether oxygens (including phenoxy) is 2. The van der Waals surface area contributed by atoms with E-state index in [-0.39, 0.29) is 29.0 Å². The van der Waals surface area contributed by atoms with Gasteiger partial charge in [0.05, 0.1) is 29.7 Å². The first-order valence-electron chi connectivity index (χ1n) is 9.19. The fraction of sp³-hybridized carbons (Fsp3) is 0.300. The highest BCUT2D eigenvalue weighted by Gasteiger charge is 2.25. The van der Waals surface area contributed by atoms with Crippen molar-refractivity contribution in [2.75, 3.05) is 13.2 Å². The monoisotopic (exact) mass is 417 g/mol. The van der Waals surface area contributed by atoms with Gasteiger partial charge in [-0.15, -0.1) is 0 Å². The average molecular weight is 417 g/mol. The summed E-state index contributed by atoms with van der Waals surface area (Å²) >= 11 is 0. The zero-order valence-corrected chi connectivity index (χ0v) is 16.8. The molecule has 0 N–H and O–H groups in total. The van der Waals surface area contributed by atoms with Crippen molar-refractivity contribution in [3.05, 3.63) is 54.1 Å². The lowest BCUT2D eigenvalue weighted by Crippen LogP contribution is -2.13. The normalized spacial score (nSPS) is 15.8. The van der Waals surface area contributed by atoms with Gasteiger partial charge < -0.3 is 9.47 Å². The van der Waals surface area contributed by atoms with E-state index in [0.717, 1.165) is 11.8 Å². The quantitative estimate of drug-likeness (QED) is 0.633. The van der Waals surface area contributed by atoms with Gasteiger partial charge in [0.15, 0.2) is 9.84 Å². The third-order valence-electron chi connectivity index (χ3n) is 4.63. The number of rotatable bonds is 5. The molecule has 1 aliphatic rings. The van der Waals surface area contributed by atoms with Gasteiger partial charge >= 0.3 is 0 Å². The summed E-state index contributed by atoms with van der Waals surface area (Å²) in [5, 5.41) is 4.32. The molecular weight excluding hydrogens is 397 g/mol. The van der Waals surface area contributed by atoms with Crippen molar-refractivity contribution in [1.82, 2.24) is 14.8 Å². The predicted octanol–water partition coefficient (Wildman–Crippen LogP) is 3.41. The van der Waals surface area contributed by atoms with Crippen molar-refractivity contribution in [2.24, 2.45) is 0 Å². The van der Waals surface area contributed by atoms with E-state index in [1.807, 2.05) is 17.7 Å². The maximum atomic E-state index is 13.7.